The number of anilines is 1. The number of hydrogen-bond acceptors (Lipinski definition) is 3. The van der Waals surface area contributed by atoms with Crippen molar-refractivity contribution in [3.05, 3.63) is 10.7 Å². The molecular weight excluding hydrogens is 224 g/mol. The molecule has 0 radical (unpaired) electrons. The Hall–Kier alpha value is -0.400. The second-order valence-corrected chi connectivity index (χ2v) is 2.92. The molecule has 0 aliphatic heterocycles. The molecule has 0 bridgehead atoms. The van der Waals surface area contributed by atoms with Gasteiger partial charge in [-0.05, 0) is 15.9 Å². The fourth-order valence-electron chi connectivity index (χ4n) is 0.375. The summed E-state index contributed by atoms with van der Waals surface area (Å²) in [6.45, 7) is 0. The van der Waals surface area contributed by atoms with Crippen LogP contribution in [0.15, 0.2) is 15.3 Å². The average molecular weight is 227 g/mol. The summed E-state index contributed by atoms with van der Waals surface area (Å²) in [4.78, 5) is 0. The van der Waals surface area contributed by atoms with Gasteiger partial charge in [-0.25, -0.2) is 4.21 Å². The number of rotatable bonds is 2. The van der Waals surface area contributed by atoms with Crippen LogP contribution in [0.2, 0.25) is 0 Å². The summed E-state index contributed by atoms with van der Waals surface area (Å²) in [5, 5.41) is 3.37. The zero-order valence-corrected chi connectivity index (χ0v) is 6.98. The molecule has 1 unspecified atom stereocenters. The second-order valence-electron chi connectivity index (χ2n) is 1.36. The van der Waals surface area contributed by atoms with Crippen LogP contribution in [-0.2, 0) is 11.3 Å². The van der Waals surface area contributed by atoms with E-state index in [0.717, 1.165) is 0 Å². The summed E-state index contributed by atoms with van der Waals surface area (Å²) in [7, 11) is 0. The van der Waals surface area contributed by atoms with Gasteiger partial charge < -0.3 is 4.52 Å². The molecule has 1 aromatic rings. The van der Waals surface area contributed by atoms with Gasteiger partial charge in [0.2, 0.25) is 0 Å². The molecule has 1 rings (SSSR count). The highest BCUT2D eigenvalue weighted by molar-refractivity contribution is 9.10. The van der Waals surface area contributed by atoms with E-state index >= 15 is 0 Å². The van der Waals surface area contributed by atoms with Crippen LogP contribution in [0, 0.1) is 0 Å². The molecule has 0 aromatic carbocycles. The summed E-state index contributed by atoms with van der Waals surface area (Å²) in [5.41, 5.74) is 0. The standard InChI is InChI=1S/C3H3BrN2O3S/c4-2-1-9-5-3(2)6-10(7)8/h1H,(H,5,6)(H,7,8). The predicted molar refractivity (Wildman–Crippen MR) is 38.6 cm³/mol. The zero-order valence-electron chi connectivity index (χ0n) is 4.57. The monoisotopic (exact) mass is 226 g/mol. The zero-order chi connectivity index (χ0) is 7.56. The first-order chi connectivity index (χ1) is 4.70. The third-order valence-electron chi connectivity index (χ3n) is 0.710. The van der Waals surface area contributed by atoms with Crippen LogP contribution in [0.4, 0.5) is 5.82 Å². The minimum atomic E-state index is -2.11. The number of nitrogens with one attached hydrogen (secondary N) is 1. The van der Waals surface area contributed by atoms with Crippen LogP contribution >= 0.6 is 15.9 Å². The summed E-state index contributed by atoms with van der Waals surface area (Å²) in [5.74, 6) is 0.209. The van der Waals surface area contributed by atoms with Crippen molar-refractivity contribution < 1.29 is 13.3 Å². The Kier molecular flexibility index (Phi) is 2.41. The molecule has 0 fully saturated rings. The molecule has 1 atom stereocenters. The molecule has 2 N–H and O–H groups in total. The summed E-state index contributed by atoms with van der Waals surface area (Å²) in [6.07, 6.45) is 1.30. The number of aromatic nitrogens is 1. The fourth-order valence-corrected chi connectivity index (χ4v) is 1.07. The van der Waals surface area contributed by atoms with Gasteiger partial charge in [-0.15, -0.1) is 0 Å². The van der Waals surface area contributed by atoms with Gasteiger partial charge in [-0.2, -0.15) is 0 Å². The van der Waals surface area contributed by atoms with Crippen molar-refractivity contribution in [2.45, 2.75) is 0 Å². The van der Waals surface area contributed by atoms with Crippen LogP contribution in [0.5, 0.6) is 0 Å². The fraction of sp³-hybridized carbons (Fsp3) is 0. The minimum Gasteiger partial charge on any atom is -0.361 e. The molecule has 0 aliphatic rings. The molecular formula is C3H3BrN2O3S. The smallest absolute Gasteiger partial charge is 0.260 e. The van der Waals surface area contributed by atoms with E-state index in [-0.39, 0.29) is 5.82 Å². The maximum atomic E-state index is 10.1. The topological polar surface area (TPSA) is 75.4 Å². The Morgan fingerprint density at radius 3 is 3.00 bits per heavy atom. The van der Waals surface area contributed by atoms with Gasteiger partial charge in [0.25, 0.3) is 11.3 Å². The van der Waals surface area contributed by atoms with Crippen molar-refractivity contribution in [2.24, 2.45) is 0 Å². The molecule has 1 heterocycles. The van der Waals surface area contributed by atoms with Gasteiger partial charge in [0, 0.05) is 0 Å². The number of nitrogens with zero attached hydrogens (tertiary/aromatic N) is 1. The highest BCUT2D eigenvalue weighted by atomic mass is 79.9. The van der Waals surface area contributed by atoms with Crippen LogP contribution in [0.3, 0.4) is 0 Å². The van der Waals surface area contributed by atoms with Gasteiger partial charge in [-0.3, -0.25) is 9.27 Å². The molecule has 0 saturated carbocycles. The second kappa shape index (κ2) is 3.13. The van der Waals surface area contributed by atoms with Gasteiger partial charge in [0.05, 0.1) is 0 Å². The lowest BCUT2D eigenvalue weighted by Crippen LogP contribution is -2.01. The molecule has 0 spiro atoms. The highest BCUT2D eigenvalue weighted by Gasteiger charge is 2.04. The maximum absolute atomic E-state index is 10.1. The molecule has 1 aromatic heterocycles. The first kappa shape index (κ1) is 7.70. The lowest BCUT2D eigenvalue weighted by molar-refractivity contribution is 0.422. The summed E-state index contributed by atoms with van der Waals surface area (Å²) in [6, 6.07) is 0. The van der Waals surface area contributed by atoms with Crippen LogP contribution in [0.25, 0.3) is 0 Å². The molecule has 10 heavy (non-hydrogen) atoms. The van der Waals surface area contributed by atoms with E-state index in [1.165, 1.54) is 6.26 Å². The lowest BCUT2D eigenvalue weighted by Gasteiger charge is -1.91. The Bertz CT molecular complexity index is 250. The van der Waals surface area contributed by atoms with E-state index < -0.39 is 11.3 Å². The van der Waals surface area contributed by atoms with Gasteiger partial charge in [-0.1, -0.05) is 5.16 Å². The van der Waals surface area contributed by atoms with Gasteiger partial charge in [0.1, 0.15) is 10.7 Å². The largest absolute Gasteiger partial charge is 0.361 e. The predicted octanol–water partition coefficient (Wildman–Crippen LogP) is 0.986. The van der Waals surface area contributed by atoms with Crippen molar-refractivity contribution >= 4 is 33.0 Å². The Labute approximate surface area is 67.3 Å². The maximum Gasteiger partial charge on any atom is 0.260 e. The van der Waals surface area contributed by atoms with Gasteiger partial charge in [0.15, 0.2) is 5.82 Å². The van der Waals surface area contributed by atoms with Crippen molar-refractivity contribution in [3.8, 4) is 0 Å². The first-order valence-corrected chi connectivity index (χ1v) is 4.07. The third-order valence-corrected chi connectivity index (χ3v) is 1.64. The van der Waals surface area contributed by atoms with E-state index in [2.05, 4.69) is 30.3 Å². The molecule has 56 valence electrons. The van der Waals surface area contributed by atoms with Crippen LogP contribution < -0.4 is 4.72 Å². The molecule has 5 nitrogen and oxygen atoms in total. The Morgan fingerprint density at radius 1 is 1.90 bits per heavy atom. The van der Waals surface area contributed by atoms with E-state index in [9.17, 15) is 4.21 Å². The number of hydrogen-bond donors (Lipinski definition) is 2. The first-order valence-electron chi connectivity index (χ1n) is 2.17. The van der Waals surface area contributed by atoms with Crippen molar-refractivity contribution in [1.82, 2.24) is 5.16 Å². The van der Waals surface area contributed by atoms with E-state index in [1.807, 2.05) is 0 Å². The Morgan fingerprint density at radius 2 is 2.60 bits per heavy atom. The molecule has 0 aliphatic carbocycles. The van der Waals surface area contributed by atoms with E-state index in [4.69, 9.17) is 4.55 Å². The van der Waals surface area contributed by atoms with E-state index in [1.54, 1.807) is 0 Å². The van der Waals surface area contributed by atoms with Gasteiger partial charge >= 0.3 is 0 Å². The van der Waals surface area contributed by atoms with E-state index in [0.29, 0.717) is 4.47 Å². The lowest BCUT2D eigenvalue weighted by atomic mass is 10.7. The number of halogens is 1. The highest BCUT2D eigenvalue weighted by Crippen LogP contribution is 2.19. The SMILES string of the molecule is O=S(O)Nc1nocc1Br. The quantitative estimate of drug-likeness (QED) is 0.738. The molecule has 0 amide bonds. The minimum absolute atomic E-state index is 0.209. The van der Waals surface area contributed by atoms with Crippen molar-refractivity contribution in [2.75, 3.05) is 4.72 Å². The average Bonchev–Trinajstić information content (AvgIpc) is 2.15. The van der Waals surface area contributed by atoms with Crippen molar-refractivity contribution in [3.63, 3.8) is 0 Å². The third kappa shape index (κ3) is 1.79. The summed E-state index contributed by atoms with van der Waals surface area (Å²) < 4.78 is 25.5. The normalized spacial score (nSPS) is 13.0. The van der Waals surface area contributed by atoms with Crippen LogP contribution in [0.1, 0.15) is 0 Å². The molecule has 0 saturated heterocycles. The summed E-state index contributed by atoms with van der Waals surface area (Å²) >= 11 is 0.923. The Balaban J connectivity index is 2.74. The molecule has 7 heteroatoms. The van der Waals surface area contributed by atoms with Crippen LogP contribution in [-0.4, -0.2) is 13.9 Å². The van der Waals surface area contributed by atoms with Crippen molar-refractivity contribution in [1.29, 1.82) is 0 Å².